The Hall–Kier alpha value is -4.41. The van der Waals surface area contributed by atoms with Crippen LogP contribution in [0, 0.1) is 82.3 Å². The van der Waals surface area contributed by atoms with Crippen LogP contribution in [0.3, 0.4) is 0 Å². The van der Waals surface area contributed by atoms with Crippen molar-refractivity contribution >= 4 is 35.3 Å². The Balaban J connectivity index is 1.86. The number of rotatable bonds is 58. The predicted molar refractivity (Wildman–Crippen MR) is 418 cm³/mol. The van der Waals surface area contributed by atoms with Crippen molar-refractivity contribution in [1.82, 2.24) is 10.6 Å². The summed E-state index contributed by atoms with van der Waals surface area (Å²) >= 11 is 3.23. The van der Waals surface area contributed by atoms with Crippen molar-refractivity contribution in [2.45, 2.75) is 289 Å². The van der Waals surface area contributed by atoms with Gasteiger partial charge in [0.2, 0.25) is 11.5 Å². The smallest absolute Gasteiger partial charge is 0.251 e. The van der Waals surface area contributed by atoms with Gasteiger partial charge in [0.1, 0.15) is 0 Å². The van der Waals surface area contributed by atoms with Crippen LogP contribution in [0.1, 0.15) is 305 Å². The number of hydrogen-bond acceptors (Lipinski definition) is 11. The number of nitrogens with zero attached hydrogens (tertiary/aromatic N) is 1. The molecule has 3 rings (SSSR count). The standard InChI is InChI=1S/C85H143N3O8S2/c1-61(2)25-19-31-67(13)39-47-91-76-56-74(57-77(92-48-40-68(14)32-20-26-62(3)4)82(76)95-51-43-71(17)35-23-29-65(9)10)84(89)87-45-53-97-80-38-37-73(60-86)55-81(80)98-54-46-88-85(90)75-58-78(93-49-41-69(15)33-21-27-63(5)6)83(96-52-44-72(18)36-24-30-66(11)12)79(59-75)94-50-42-70(16)34-22-28-64(7)8/h37-38,55-59,61-72H,19-36,39-54H2,1-18H3,(H,87,89)(H,88,90)/t67-,68-,69-,70-,71-,72-/m0/s1. The average molecular weight is 1400 g/mol. The van der Waals surface area contributed by atoms with Crippen LogP contribution in [0.5, 0.6) is 34.5 Å². The first-order valence-electron chi connectivity index (χ1n) is 39.3. The maximum Gasteiger partial charge on any atom is 0.251 e. The maximum atomic E-state index is 14.4. The summed E-state index contributed by atoms with van der Waals surface area (Å²) in [5, 5.41) is 16.4. The number of amides is 2. The van der Waals surface area contributed by atoms with Crippen molar-refractivity contribution in [3.63, 3.8) is 0 Å². The quantitative estimate of drug-likeness (QED) is 0.0413. The van der Waals surface area contributed by atoms with Crippen LogP contribution >= 0.6 is 23.5 Å². The summed E-state index contributed by atoms with van der Waals surface area (Å²) in [6.07, 6.45) is 26.9. The summed E-state index contributed by atoms with van der Waals surface area (Å²) in [4.78, 5) is 30.7. The molecule has 558 valence electrons. The lowest BCUT2D eigenvalue weighted by molar-refractivity contribution is 0.0946. The molecule has 0 aliphatic carbocycles. The van der Waals surface area contributed by atoms with E-state index in [1.54, 1.807) is 23.5 Å². The van der Waals surface area contributed by atoms with Crippen LogP contribution in [-0.4, -0.2) is 76.1 Å². The molecule has 0 aliphatic heterocycles. The first kappa shape index (κ1) is 87.8. The van der Waals surface area contributed by atoms with Gasteiger partial charge in [-0.05, 0) is 152 Å². The Labute approximate surface area is 609 Å². The van der Waals surface area contributed by atoms with Gasteiger partial charge in [0.05, 0.1) is 51.3 Å². The van der Waals surface area contributed by atoms with Crippen LogP contribution in [0.2, 0.25) is 0 Å². The highest BCUT2D eigenvalue weighted by atomic mass is 32.2. The molecule has 0 bridgehead atoms. The van der Waals surface area contributed by atoms with E-state index in [2.05, 4.69) is 141 Å². The first-order chi connectivity index (χ1) is 46.8. The lowest BCUT2D eigenvalue weighted by Crippen LogP contribution is -2.26. The number of carbonyl (C=O) groups is 2. The Morgan fingerprint density at radius 3 is 0.857 bits per heavy atom. The lowest BCUT2D eigenvalue weighted by Gasteiger charge is -2.21. The van der Waals surface area contributed by atoms with Gasteiger partial charge in [-0.1, -0.05) is 240 Å². The van der Waals surface area contributed by atoms with Gasteiger partial charge in [-0.2, -0.15) is 5.26 Å². The third kappa shape index (κ3) is 40.3. The monoisotopic (exact) mass is 1400 g/mol. The molecule has 2 amide bonds. The molecule has 13 heteroatoms. The zero-order valence-electron chi connectivity index (χ0n) is 65.5. The molecule has 3 aromatic carbocycles. The highest BCUT2D eigenvalue weighted by molar-refractivity contribution is 8.02. The molecule has 0 fully saturated rings. The molecule has 0 unspecified atom stereocenters. The van der Waals surface area contributed by atoms with E-state index in [0.29, 0.717) is 186 Å². The number of hydrogen-bond donors (Lipinski definition) is 2. The second-order valence-corrected chi connectivity index (χ2v) is 34.3. The molecule has 98 heavy (non-hydrogen) atoms. The molecule has 3 aromatic rings. The van der Waals surface area contributed by atoms with Crippen molar-refractivity contribution in [3.8, 4) is 40.6 Å². The number of nitriles is 1. The Morgan fingerprint density at radius 1 is 0.347 bits per heavy atom. The van der Waals surface area contributed by atoms with Crippen molar-refractivity contribution in [2.75, 3.05) is 64.2 Å². The number of nitrogens with one attached hydrogen (secondary N) is 2. The third-order valence-corrected chi connectivity index (χ3v) is 21.2. The molecule has 0 aliphatic rings. The van der Waals surface area contributed by atoms with Crippen LogP contribution in [-0.2, 0) is 0 Å². The SMILES string of the molecule is CC(C)CCC[C@H](C)CCOc1cc(C(=O)NCCSc2ccc(C#N)cc2SCCNC(=O)c2cc(OCC[C@@H](C)CCCC(C)C)c(OCC[C@@H](C)CCCC(C)C)c(OCC[C@@H](C)CCCC(C)C)c2)cc(OCC[C@@H](C)CCCC(C)C)c1OCC[C@@H](C)CCCC(C)C. The van der Waals surface area contributed by atoms with Crippen molar-refractivity contribution in [3.05, 3.63) is 59.2 Å². The van der Waals surface area contributed by atoms with E-state index >= 15 is 0 Å². The first-order valence-corrected chi connectivity index (χ1v) is 41.3. The second kappa shape index (κ2) is 51.7. The summed E-state index contributed by atoms with van der Waals surface area (Å²) in [6.45, 7) is 45.2. The largest absolute Gasteiger partial charge is 0.490 e. The van der Waals surface area contributed by atoms with Crippen LogP contribution < -0.4 is 39.1 Å². The number of ether oxygens (including phenoxy) is 6. The molecule has 0 saturated heterocycles. The van der Waals surface area contributed by atoms with Crippen molar-refractivity contribution < 1.29 is 38.0 Å². The van der Waals surface area contributed by atoms with Gasteiger partial charge in [0.15, 0.2) is 23.0 Å². The fraction of sp³-hybridized carbons (Fsp3) is 0.753. The maximum absolute atomic E-state index is 14.4. The molecular formula is C85H143N3O8S2. The average Bonchev–Trinajstić information content (AvgIpc) is 0.825. The van der Waals surface area contributed by atoms with Gasteiger partial charge in [-0.3, -0.25) is 9.59 Å². The molecule has 0 saturated carbocycles. The van der Waals surface area contributed by atoms with E-state index in [1.807, 2.05) is 42.5 Å². The van der Waals surface area contributed by atoms with Gasteiger partial charge >= 0.3 is 0 Å². The van der Waals surface area contributed by atoms with E-state index in [0.717, 1.165) is 86.8 Å². The van der Waals surface area contributed by atoms with Gasteiger partial charge in [-0.15, -0.1) is 23.5 Å². The highest BCUT2D eigenvalue weighted by Gasteiger charge is 2.24. The fourth-order valence-electron chi connectivity index (χ4n) is 12.1. The molecule has 2 N–H and O–H groups in total. The Bertz CT molecular complexity index is 2560. The second-order valence-electron chi connectivity index (χ2n) is 32.0. The van der Waals surface area contributed by atoms with E-state index in [-0.39, 0.29) is 11.8 Å². The zero-order chi connectivity index (χ0) is 72.2. The topological polar surface area (TPSA) is 137 Å². The normalized spacial score (nSPS) is 13.6. The predicted octanol–water partition coefficient (Wildman–Crippen LogP) is 24.0. The molecule has 0 radical (unpaired) electrons. The molecule has 0 spiro atoms. The number of thioether (sulfide) groups is 2. The van der Waals surface area contributed by atoms with Gasteiger partial charge < -0.3 is 39.1 Å². The van der Waals surface area contributed by atoms with Crippen molar-refractivity contribution in [2.24, 2.45) is 71.0 Å². The number of carbonyl (C=O) groups excluding carboxylic acids is 2. The summed E-state index contributed by atoms with van der Waals surface area (Å²) < 4.78 is 40.1. The zero-order valence-corrected chi connectivity index (χ0v) is 67.2. The third-order valence-electron chi connectivity index (χ3n) is 19.0. The van der Waals surface area contributed by atoms with Gasteiger partial charge in [-0.25, -0.2) is 0 Å². The van der Waals surface area contributed by atoms with Crippen LogP contribution in [0.15, 0.2) is 52.3 Å². The Kier molecular flexibility index (Phi) is 46.3. The minimum Gasteiger partial charge on any atom is -0.490 e. The van der Waals surface area contributed by atoms with Crippen LogP contribution in [0.4, 0.5) is 0 Å². The minimum atomic E-state index is -0.216. The summed E-state index contributed by atoms with van der Waals surface area (Å²) in [5.41, 5.74) is 1.50. The van der Waals surface area contributed by atoms with E-state index in [4.69, 9.17) is 28.4 Å². The molecule has 6 atom stereocenters. The number of benzene rings is 3. The van der Waals surface area contributed by atoms with Crippen LogP contribution in [0.25, 0.3) is 0 Å². The van der Waals surface area contributed by atoms with E-state index in [9.17, 15) is 14.9 Å². The lowest BCUT2D eigenvalue weighted by atomic mass is 9.97. The minimum absolute atomic E-state index is 0.207. The molecule has 0 aromatic heterocycles. The summed E-state index contributed by atoms with van der Waals surface area (Å²) in [7, 11) is 0. The Morgan fingerprint density at radius 2 is 0.602 bits per heavy atom. The van der Waals surface area contributed by atoms with Gasteiger partial charge in [0.25, 0.3) is 11.8 Å². The molecular weight excluding hydrogens is 1260 g/mol. The summed E-state index contributed by atoms with van der Waals surface area (Å²) in [5.74, 6) is 11.3. The highest BCUT2D eigenvalue weighted by Crippen LogP contribution is 2.42. The van der Waals surface area contributed by atoms with Gasteiger partial charge in [0, 0.05) is 45.5 Å². The molecule has 0 heterocycles. The van der Waals surface area contributed by atoms with E-state index < -0.39 is 0 Å². The fourth-order valence-corrected chi connectivity index (χ4v) is 14.1. The van der Waals surface area contributed by atoms with E-state index in [1.165, 1.54) is 77.0 Å². The summed E-state index contributed by atoms with van der Waals surface area (Å²) in [6, 6.07) is 15.4. The molecule has 11 nitrogen and oxygen atoms in total. The van der Waals surface area contributed by atoms with Crippen molar-refractivity contribution in [1.29, 1.82) is 5.26 Å².